The molecule has 0 aliphatic carbocycles. The summed E-state index contributed by atoms with van der Waals surface area (Å²) < 4.78 is 61.3. The molecule has 0 amide bonds. The Kier molecular flexibility index (Phi) is 4.41. The van der Waals surface area contributed by atoms with E-state index < -0.39 is 19.4 Å². The van der Waals surface area contributed by atoms with Crippen LogP contribution >= 0.6 is 0 Å². The van der Waals surface area contributed by atoms with Crippen LogP contribution in [0.5, 0.6) is 11.5 Å². The summed E-state index contributed by atoms with van der Waals surface area (Å²) in [7, 11) is 0. The van der Waals surface area contributed by atoms with Gasteiger partial charge >= 0.3 is 13.2 Å². The summed E-state index contributed by atoms with van der Waals surface area (Å²) in [5.41, 5.74) is 7.30. The third-order valence-corrected chi connectivity index (χ3v) is 4.05. The predicted molar refractivity (Wildman–Crippen MR) is 92.8 cm³/mol. The van der Waals surface area contributed by atoms with E-state index in [9.17, 15) is 17.6 Å². The number of guanidine groups is 1. The molecule has 11 heteroatoms. The Labute approximate surface area is 155 Å². The SMILES string of the molecule is NC1=N[C@@H](c2ccc(OC(F)F)cc2OC(F)F)n2c(nc3ccccc32)N1. The largest absolute Gasteiger partial charge is 0.435 e. The average Bonchev–Trinajstić information content (AvgIpc) is 2.98. The van der Waals surface area contributed by atoms with Gasteiger partial charge in [-0.2, -0.15) is 17.6 Å². The highest BCUT2D eigenvalue weighted by atomic mass is 19.3. The molecule has 146 valence electrons. The van der Waals surface area contributed by atoms with Crippen molar-refractivity contribution in [3.63, 3.8) is 0 Å². The zero-order valence-corrected chi connectivity index (χ0v) is 14.0. The third kappa shape index (κ3) is 3.26. The van der Waals surface area contributed by atoms with Crippen LogP contribution in [0.1, 0.15) is 11.7 Å². The fourth-order valence-corrected chi connectivity index (χ4v) is 3.03. The fraction of sp³-hybridized carbons (Fsp3) is 0.176. The summed E-state index contributed by atoms with van der Waals surface area (Å²) in [4.78, 5) is 8.67. The van der Waals surface area contributed by atoms with Crippen LogP contribution in [0.2, 0.25) is 0 Å². The number of fused-ring (bicyclic) bond motifs is 3. The molecule has 3 N–H and O–H groups in total. The molecule has 0 saturated carbocycles. The minimum atomic E-state index is -3.18. The van der Waals surface area contributed by atoms with E-state index in [1.165, 1.54) is 12.1 Å². The summed E-state index contributed by atoms with van der Waals surface area (Å²) in [5, 5.41) is 2.81. The van der Waals surface area contributed by atoms with Crippen LogP contribution in [-0.4, -0.2) is 28.7 Å². The highest BCUT2D eigenvalue weighted by Gasteiger charge is 2.28. The van der Waals surface area contributed by atoms with E-state index in [0.29, 0.717) is 17.0 Å². The minimum Gasteiger partial charge on any atom is -0.435 e. The molecule has 2 heterocycles. The monoisotopic (exact) mass is 395 g/mol. The molecule has 1 aromatic heterocycles. The maximum Gasteiger partial charge on any atom is 0.387 e. The molecule has 28 heavy (non-hydrogen) atoms. The van der Waals surface area contributed by atoms with E-state index in [1.807, 2.05) is 0 Å². The number of hydrogen-bond acceptors (Lipinski definition) is 6. The van der Waals surface area contributed by atoms with Gasteiger partial charge in [-0.1, -0.05) is 12.1 Å². The van der Waals surface area contributed by atoms with Gasteiger partial charge in [-0.15, -0.1) is 0 Å². The first-order chi connectivity index (χ1) is 13.4. The van der Waals surface area contributed by atoms with E-state index in [2.05, 4.69) is 24.8 Å². The minimum absolute atomic E-state index is 0.0173. The van der Waals surface area contributed by atoms with Crippen LogP contribution in [0.15, 0.2) is 47.5 Å². The molecule has 1 aliphatic heterocycles. The van der Waals surface area contributed by atoms with Crippen molar-refractivity contribution >= 4 is 22.9 Å². The standard InChI is InChI=1S/C17H13F4N5O2/c18-14(19)27-8-5-6-9(12(7-8)28-15(20)21)13-24-16(22)25-17-23-10-3-1-2-4-11(10)26(13)17/h1-7,13-15H,(H3,22,23,24,25)/t13-/m1/s1. The second kappa shape index (κ2) is 6.91. The summed E-state index contributed by atoms with van der Waals surface area (Å²) in [6.07, 6.45) is -0.905. The zero-order chi connectivity index (χ0) is 19.8. The van der Waals surface area contributed by atoms with Crippen LogP contribution < -0.4 is 20.5 Å². The molecular weight excluding hydrogens is 382 g/mol. The number of halogens is 4. The number of aliphatic imine (C=N–C) groups is 1. The number of alkyl halides is 4. The lowest BCUT2D eigenvalue weighted by molar-refractivity contribution is -0.0548. The van der Waals surface area contributed by atoms with Gasteiger partial charge in [0.2, 0.25) is 5.95 Å². The van der Waals surface area contributed by atoms with Crippen molar-refractivity contribution in [1.29, 1.82) is 0 Å². The Morgan fingerprint density at radius 2 is 1.79 bits per heavy atom. The highest BCUT2D eigenvalue weighted by molar-refractivity contribution is 5.94. The first kappa shape index (κ1) is 17.9. The Morgan fingerprint density at radius 1 is 1.04 bits per heavy atom. The number of benzene rings is 2. The lowest BCUT2D eigenvalue weighted by Crippen LogP contribution is -2.31. The summed E-state index contributed by atoms with van der Waals surface area (Å²) >= 11 is 0. The Hall–Kier alpha value is -3.50. The number of nitrogens with two attached hydrogens (primary N) is 1. The highest BCUT2D eigenvalue weighted by Crippen LogP contribution is 2.38. The van der Waals surface area contributed by atoms with Gasteiger partial charge < -0.3 is 15.2 Å². The van der Waals surface area contributed by atoms with Gasteiger partial charge in [0.15, 0.2) is 12.1 Å². The molecule has 0 unspecified atom stereocenters. The predicted octanol–water partition coefficient (Wildman–Crippen LogP) is 3.53. The summed E-state index contributed by atoms with van der Waals surface area (Å²) in [6.45, 7) is -6.29. The molecule has 3 aromatic rings. The fourth-order valence-electron chi connectivity index (χ4n) is 3.03. The smallest absolute Gasteiger partial charge is 0.387 e. The third-order valence-electron chi connectivity index (χ3n) is 4.05. The second-order valence-electron chi connectivity index (χ2n) is 5.76. The number of imidazole rings is 1. The van der Waals surface area contributed by atoms with Crippen LogP contribution in [0.3, 0.4) is 0 Å². The van der Waals surface area contributed by atoms with Crippen LogP contribution in [0, 0.1) is 0 Å². The number of aromatic nitrogens is 2. The van der Waals surface area contributed by atoms with Gasteiger partial charge in [0, 0.05) is 11.6 Å². The number of nitrogens with zero attached hydrogens (tertiary/aromatic N) is 3. The van der Waals surface area contributed by atoms with E-state index in [4.69, 9.17) is 5.73 Å². The molecule has 1 aliphatic rings. The van der Waals surface area contributed by atoms with Crippen LogP contribution in [-0.2, 0) is 0 Å². The van der Waals surface area contributed by atoms with Gasteiger partial charge in [-0.05, 0) is 24.3 Å². The molecule has 4 rings (SSSR count). The van der Waals surface area contributed by atoms with Crippen LogP contribution in [0.4, 0.5) is 23.5 Å². The number of anilines is 1. The first-order valence-corrected chi connectivity index (χ1v) is 8.03. The van der Waals surface area contributed by atoms with Gasteiger partial charge in [0.1, 0.15) is 11.5 Å². The van der Waals surface area contributed by atoms with Crippen molar-refractivity contribution in [2.24, 2.45) is 10.7 Å². The van der Waals surface area contributed by atoms with Crippen molar-refractivity contribution in [3.8, 4) is 11.5 Å². The molecule has 2 aromatic carbocycles. The molecular formula is C17H13F4N5O2. The normalized spacial score (nSPS) is 16.1. The van der Waals surface area contributed by atoms with Gasteiger partial charge in [0.05, 0.1) is 11.0 Å². The van der Waals surface area contributed by atoms with Crippen molar-refractivity contribution in [2.75, 3.05) is 5.32 Å². The van der Waals surface area contributed by atoms with E-state index in [1.54, 1.807) is 28.8 Å². The van der Waals surface area contributed by atoms with Gasteiger partial charge in [-0.25, -0.2) is 9.98 Å². The zero-order valence-electron chi connectivity index (χ0n) is 14.0. The number of hydrogen-bond donors (Lipinski definition) is 2. The Balaban J connectivity index is 1.87. The molecule has 0 saturated heterocycles. The number of para-hydroxylation sites is 2. The lowest BCUT2D eigenvalue weighted by atomic mass is 10.1. The van der Waals surface area contributed by atoms with Crippen molar-refractivity contribution in [1.82, 2.24) is 9.55 Å². The first-order valence-electron chi connectivity index (χ1n) is 8.03. The average molecular weight is 395 g/mol. The van der Waals surface area contributed by atoms with Crippen molar-refractivity contribution in [2.45, 2.75) is 19.4 Å². The molecule has 0 fully saturated rings. The number of rotatable bonds is 5. The Bertz CT molecular complexity index is 1050. The lowest BCUT2D eigenvalue weighted by Gasteiger charge is -2.25. The van der Waals surface area contributed by atoms with Crippen LogP contribution in [0.25, 0.3) is 11.0 Å². The topological polar surface area (TPSA) is 86.7 Å². The Morgan fingerprint density at radius 3 is 2.54 bits per heavy atom. The van der Waals surface area contributed by atoms with E-state index in [0.717, 1.165) is 6.07 Å². The van der Waals surface area contributed by atoms with Gasteiger partial charge in [0.25, 0.3) is 0 Å². The van der Waals surface area contributed by atoms with Crippen molar-refractivity contribution < 1.29 is 27.0 Å². The molecule has 0 radical (unpaired) electrons. The molecule has 1 atom stereocenters. The maximum atomic E-state index is 12.9. The van der Waals surface area contributed by atoms with E-state index >= 15 is 0 Å². The molecule has 0 spiro atoms. The van der Waals surface area contributed by atoms with Crippen molar-refractivity contribution in [3.05, 3.63) is 48.0 Å². The van der Waals surface area contributed by atoms with E-state index in [-0.39, 0.29) is 23.0 Å². The quantitative estimate of drug-likeness (QED) is 0.646. The summed E-state index contributed by atoms with van der Waals surface area (Å²) in [6, 6.07) is 10.6. The molecule has 0 bridgehead atoms. The number of nitrogens with one attached hydrogen (secondary N) is 1. The maximum absolute atomic E-state index is 12.9. The van der Waals surface area contributed by atoms with Gasteiger partial charge in [-0.3, -0.25) is 9.88 Å². The number of ether oxygens (including phenoxy) is 2. The second-order valence-corrected chi connectivity index (χ2v) is 5.76. The summed E-state index contributed by atoms with van der Waals surface area (Å²) in [5.74, 6) is -0.311. The molecule has 7 nitrogen and oxygen atoms in total.